The lowest BCUT2D eigenvalue weighted by atomic mass is 10.1. The molecular weight excluding hydrogens is 416 g/mol. The van der Waals surface area contributed by atoms with Gasteiger partial charge in [-0.1, -0.05) is 0 Å². The first kappa shape index (κ1) is 18.4. The van der Waals surface area contributed by atoms with Crippen LogP contribution in [0.25, 0.3) is 16.3 Å². The highest BCUT2D eigenvalue weighted by Gasteiger charge is 2.16. The number of nitrogens with zero attached hydrogens (tertiary/aromatic N) is 1. The largest absolute Gasteiger partial charge is 0.481 e. The van der Waals surface area contributed by atoms with E-state index in [0.29, 0.717) is 12.0 Å². The summed E-state index contributed by atoms with van der Waals surface area (Å²) in [5.41, 5.74) is 9.51. The van der Waals surface area contributed by atoms with Gasteiger partial charge in [0.1, 0.15) is 0 Å². The van der Waals surface area contributed by atoms with E-state index in [0.717, 1.165) is 32.0 Å². The Bertz CT molecular complexity index is 991. The molecule has 0 bridgehead atoms. The minimum atomic E-state index is -0.834. The number of amides is 1. The molecule has 1 aromatic carbocycles. The number of thiophene rings is 1. The SMILES string of the molecule is Cc1cc(C(N)=O)ccc1-n1c(CCC(=O)O)ccc1-c1cc(Br)cs1. The van der Waals surface area contributed by atoms with E-state index < -0.39 is 11.9 Å². The molecule has 134 valence electrons. The Morgan fingerprint density at radius 1 is 1.23 bits per heavy atom. The van der Waals surface area contributed by atoms with E-state index in [-0.39, 0.29) is 6.42 Å². The molecule has 0 fully saturated rings. The quantitative estimate of drug-likeness (QED) is 0.605. The molecule has 0 unspecified atom stereocenters. The fraction of sp³-hybridized carbons (Fsp3) is 0.158. The number of carboxylic acids is 1. The van der Waals surface area contributed by atoms with E-state index >= 15 is 0 Å². The summed E-state index contributed by atoms with van der Waals surface area (Å²) in [7, 11) is 0. The van der Waals surface area contributed by atoms with E-state index in [1.165, 1.54) is 0 Å². The number of aliphatic carboxylic acids is 1. The van der Waals surface area contributed by atoms with Crippen LogP contribution in [-0.4, -0.2) is 21.6 Å². The number of aryl methyl sites for hydroxylation is 2. The van der Waals surface area contributed by atoms with E-state index in [1.807, 2.05) is 36.6 Å². The van der Waals surface area contributed by atoms with Crippen molar-refractivity contribution in [3.8, 4) is 16.3 Å². The fourth-order valence-corrected chi connectivity index (χ4v) is 4.34. The summed E-state index contributed by atoms with van der Waals surface area (Å²) in [6, 6.07) is 11.3. The molecule has 3 aromatic rings. The van der Waals surface area contributed by atoms with E-state index in [1.54, 1.807) is 23.5 Å². The normalized spacial score (nSPS) is 10.8. The molecule has 3 N–H and O–H groups in total. The van der Waals surface area contributed by atoms with Gasteiger partial charge in [-0.25, -0.2) is 0 Å². The molecule has 0 aliphatic heterocycles. The predicted octanol–water partition coefficient (Wildman–Crippen LogP) is 4.39. The summed E-state index contributed by atoms with van der Waals surface area (Å²) in [4.78, 5) is 23.5. The van der Waals surface area contributed by atoms with Crippen LogP contribution in [0.1, 0.15) is 28.0 Å². The van der Waals surface area contributed by atoms with Gasteiger partial charge in [0.15, 0.2) is 0 Å². The van der Waals surface area contributed by atoms with Gasteiger partial charge < -0.3 is 15.4 Å². The molecule has 0 aliphatic rings. The Morgan fingerprint density at radius 2 is 2.00 bits per heavy atom. The molecule has 0 saturated heterocycles. The third-order valence-electron chi connectivity index (χ3n) is 4.10. The van der Waals surface area contributed by atoms with Crippen molar-refractivity contribution in [1.82, 2.24) is 4.57 Å². The van der Waals surface area contributed by atoms with E-state index in [2.05, 4.69) is 20.5 Å². The molecule has 2 heterocycles. The monoisotopic (exact) mass is 432 g/mol. The summed E-state index contributed by atoms with van der Waals surface area (Å²) < 4.78 is 3.06. The zero-order valence-corrected chi connectivity index (χ0v) is 16.4. The summed E-state index contributed by atoms with van der Waals surface area (Å²) >= 11 is 5.08. The van der Waals surface area contributed by atoms with Crippen molar-refractivity contribution in [1.29, 1.82) is 0 Å². The lowest BCUT2D eigenvalue weighted by molar-refractivity contribution is -0.136. The van der Waals surface area contributed by atoms with Crippen LogP contribution in [0.3, 0.4) is 0 Å². The smallest absolute Gasteiger partial charge is 0.303 e. The van der Waals surface area contributed by atoms with Crippen LogP contribution in [0.2, 0.25) is 0 Å². The van der Waals surface area contributed by atoms with E-state index in [9.17, 15) is 9.59 Å². The standard InChI is InChI=1S/C19H17BrN2O3S/c1-11-8-12(19(21)25)2-5-15(11)22-14(4-7-18(23)24)3-6-16(22)17-9-13(20)10-26-17/h2-3,5-6,8-10H,4,7H2,1H3,(H2,21,25)(H,23,24). The second-order valence-electron chi connectivity index (χ2n) is 5.93. The number of benzene rings is 1. The van der Waals surface area contributed by atoms with Crippen molar-refractivity contribution in [3.05, 3.63) is 63.1 Å². The van der Waals surface area contributed by atoms with Gasteiger partial charge in [0.2, 0.25) is 5.91 Å². The summed E-state index contributed by atoms with van der Waals surface area (Å²) in [5, 5.41) is 11.1. The Morgan fingerprint density at radius 3 is 2.58 bits per heavy atom. The zero-order valence-electron chi connectivity index (χ0n) is 14.0. The van der Waals surface area contributed by atoms with Gasteiger partial charge in [-0.3, -0.25) is 9.59 Å². The van der Waals surface area contributed by atoms with Gasteiger partial charge in [-0.15, -0.1) is 11.3 Å². The number of halogens is 1. The third-order valence-corrected chi connectivity index (χ3v) is 5.81. The molecule has 26 heavy (non-hydrogen) atoms. The maximum atomic E-state index is 11.4. The van der Waals surface area contributed by atoms with Crippen molar-refractivity contribution >= 4 is 39.1 Å². The van der Waals surface area contributed by atoms with Gasteiger partial charge >= 0.3 is 5.97 Å². The number of rotatable bonds is 6. The molecule has 5 nitrogen and oxygen atoms in total. The number of hydrogen-bond acceptors (Lipinski definition) is 3. The summed E-state index contributed by atoms with van der Waals surface area (Å²) in [6.07, 6.45) is 0.467. The average molecular weight is 433 g/mol. The van der Waals surface area contributed by atoms with Crippen LogP contribution >= 0.6 is 27.3 Å². The molecule has 7 heteroatoms. The highest BCUT2D eigenvalue weighted by atomic mass is 79.9. The summed E-state index contributed by atoms with van der Waals surface area (Å²) in [6.45, 7) is 1.91. The topological polar surface area (TPSA) is 85.3 Å². The predicted molar refractivity (Wildman–Crippen MR) is 106 cm³/mol. The molecule has 0 spiro atoms. The van der Waals surface area contributed by atoms with Crippen molar-refractivity contribution in [2.75, 3.05) is 0 Å². The molecule has 0 atom stereocenters. The van der Waals surface area contributed by atoms with Crippen molar-refractivity contribution in [2.45, 2.75) is 19.8 Å². The van der Waals surface area contributed by atoms with Crippen LogP contribution in [0.15, 0.2) is 46.3 Å². The Kier molecular flexibility index (Phi) is 5.29. The molecule has 0 aliphatic carbocycles. The number of nitrogens with two attached hydrogens (primary N) is 1. The Balaban J connectivity index is 2.15. The number of aromatic nitrogens is 1. The zero-order chi connectivity index (χ0) is 18.8. The average Bonchev–Trinajstić information content (AvgIpc) is 3.18. The summed E-state index contributed by atoms with van der Waals surface area (Å²) in [5.74, 6) is -1.31. The molecule has 0 saturated carbocycles. The lowest BCUT2D eigenvalue weighted by Crippen LogP contribution is -2.12. The molecule has 2 aromatic heterocycles. The van der Waals surface area contributed by atoms with Gasteiger partial charge in [0, 0.05) is 26.8 Å². The minimum absolute atomic E-state index is 0.0516. The molecule has 1 amide bonds. The second-order valence-corrected chi connectivity index (χ2v) is 7.76. The van der Waals surface area contributed by atoms with Gasteiger partial charge in [-0.05, 0) is 71.2 Å². The first-order valence-corrected chi connectivity index (χ1v) is 9.61. The first-order chi connectivity index (χ1) is 12.4. The second kappa shape index (κ2) is 7.47. The van der Waals surface area contributed by atoms with Crippen LogP contribution < -0.4 is 5.73 Å². The lowest BCUT2D eigenvalue weighted by Gasteiger charge is -2.16. The Labute approximate surface area is 163 Å². The highest BCUT2D eigenvalue weighted by Crippen LogP contribution is 2.34. The van der Waals surface area contributed by atoms with Gasteiger partial charge in [0.25, 0.3) is 0 Å². The highest BCUT2D eigenvalue weighted by molar-refractivity contribution is 9.10. The Hall–Kier alpha value is -2.38. The van der Waals surface area contributed by atoms with Crippen molar-refractivity contribution in [2.24, 2.45) is 5.73 Å². The van der Waals surface area contributed by atoms with Crippen molar-refractivity contribution in [3.63, 3.8) is 0 Å². The number of hydrogen-bond donors (Lipinski definition) is 2. The van der Waals surface area contributed by atoms with Gasteiger partial charge in [0.05, 0.1) is 17.0 Å². The van der Waals surface area contributed by atoms with Crippen LogP contribution in [0, 0.1) is 6.92 Å². The number of carbonyl (C=O) groups is 2. The van der Waals surface area contributed by atoms with Crippen LogP contribution in [-0.2, 0) is 11.2 Å². The molecular formula is C19H17BrN2O3S. The maximum absolute atomic E-state index is 11.4. The maximum Gasteiger partial charge on any atom is 0.303 e. The van der Waals surface area contributed by atoms with Crippen molar-refractivity contribution < 1.29 is 14.7 Å². The van der Waals surface area contributed by atoms with Crippen LogP contribution in [0.5, 0.6) is 0 Å². The number of carbonyl (C=O) groups excluding carboxylic acids is 1. The van der Waals surface area contributed by atoms with E-state index in [4.69, 9.17) is 10.8 Å². The number of carboxylic acid groups (broad SMARTS) is 1. The molecule has 3 rings (SSSR count). The minimum Gasteiger partial charge on any atom is -0.481 e. The first-order valence-electron chi connectivity index (χ1n) is 7.94. The van der Waals surface area contributed by atoms with Gasteiger partial charge in [-0.2, -0.15) is 0 Å². The van der Waals surface area contributed by atoms with Crippen LogP contribution in [0.4, 0.5) is 0 Å². The fourth-order valence-electron chi connectivity index (χ4n) is 2.89. The number of primary amides is 1. The third kappa shape index (κ3) is 3.73. The molecule has 0 radical (unpaired) electrons.